The number of esters is 1. The third-order valence-corrected chi connectivity index (χ3v) is 5.27. The number of carbonyl (C=O) groups is 3. The second-order valence-corrected chi connectivity index (χ2v) is 7.45. The van der Waals surface area contributed by atoms with Crippen LogP contribution in [0.4, 0.5) is 10.1 Å². The van der Waals surface area contributed by atoms with Gasteiger partial charge in [0.15, 0.2) is 12.4 Å². The maximum atomic E-state index is 12.8. The monoisotopic (exact) mass is 401 g/mol. The first-order valence-corrected chi connectivity index (χ1v) is 10.1. The van der Waals surface area contributed by atoms with Crippen LogP contribution in [0.15, 0.2) is 42.5 Å². The van der Waals surface area contributed by atoms with E-state index < -0.39 is 5.97 Å². The molecule has 7 heteroatoms. The van der Waals surface area contributed by atoms with Crippen molar-refractivity contribution in [1.29, 1.82) is 0 Å². The van der Waals surface area contributed by atoms with E-state index in [0.717, 1.165) is 31.0 Å². The predicted molar refractivity (Wildman–Crippen MR) is 106 cm³/mol. The molecule has 5 nitrogen and oxygen atoms in total. The zero-order valence-electron chi connectivity index (χ0n) is 15.2. The Kier molecular flexibility index (Phi) is 6.81. The van der Waals surface area contributed by atoms with Crippen molar-refractivity contribution in [2.45, 2.75) is 19.3 Å². The highest BCUT2D eigenvalue weighted by Gasteiger charge is 2.15. The van der Waals surface area contributed by atoms with E-state index >= 15 is 0 Å². The molecule has 3 rings (SSSR count). The Morgan fingerprint density at radius 2 is 1.75 bits per heavy atom. The highest BCUT2D eigenvalue weighted by Crippen LogP contribution is 2.23. The molecule has 0 aliphatic heterocycles. The summed E-state index contributed by atoms with van der Waals surface area (Å²) >= 11 is 1.08. The average molecular weight is 401 g/mol. The molecule has 2 aromatic rings. The van der Waals surface area contributed by atoms with Crippen LogP contribution in [0, 0.1) is 5.82 Å². The number of thioether (sulfide) groups is 1. The van der Waals surface area contributed by atoms with Gasteiger partial charge in [-0.15, -0.1) is 11.8 Å². The zero-order chi connectivity index (χ0) is 19.9. The van der Waals surface area contributed by atoms with Crippen molar-refractivity contribution >= 4 is 35.1 Å². The van der Waals surface area contributed by atoms with Gasteiger partial charge in [-0.25, -0.2) is 4.39 Å². The Hall–Kier alpha value is -2.67. The van der Waals surface area contributed by atoms with E-state index in [-0.39, 0.29) is 35.6 Å². The lowest BCUT2D eigenvalue weighted by atomic mass is 10.0. The normalized spacial score (nSPS) is 12.3. The molecular formula is C21H20FNO4S. The van der Waals surface area contributed by atoms with Crippen LogP contribution in [0.1, 0.15) is 27.9 Å². The molecule has 0 saturated heterocycles. The van der Waals surface area contributed by atoms with Gasteiger partial charge in [-0.1, -0.05) is 12.1 Å². The van der Waals surface area contributed by atoms with Gasteiger partial charge in [-0.2, -0.15) is 0 Å². The number of rotatable bonds is 8. The molecule has 1 aliphatic carbocycles. The fraction of sp³-hybridized carbons (Fsp3) is 0.286. The lowest BCUT2D eigenvalue weighted by Crippen LogP contribution is -2.18. The summed E-state index contributed by atoms with van der Waals surface area (Å²) < 4.78 is 17.8. The van der Waals surface area contributed by atoms with Crippen molar-refractivity contribution in [3.05, 3.63) is 65.0 Å². The minimum absolute atomic E-state index is 0.0334. The summed E-state index contributed by atoms with van der Waals surface area (Å²) in [6, 6.07) is 11.0. The fourth-order valence-corrected chi connectivity index (χ4v) is 3.58. The summed E-state index contributed by atoms with van der Waals surface area (Å²) in [7, 11) is 0. The van der Waals surface area contributed by atoms with Crippen molar-refractivity contribution in [2.75, 3.05) is 23.4 Å². The highest BCUT2D eigenvalue weighted by atomic mass is 32.2. The number of Topliss-reactive ketones (excluding diaryl/α,β-unsaturated/α-hetero) is 1. The standard InChI is InChI=1S/C21H20FNO4S/c22-17-6-8-18(9-7-17)23-20(25)12-28-13-21(26)27-11-19(24)16-5-4-14-2-1-3-15(14)10-16/h4-10H,1-3,11-13H2,(H,23,25). The van der Waals surface area contributed by atoms with Crippen LogP contribution in [-0.4, -0.2) is 35.8 Å². The Labute approximate surface area is 166 Å². The number of carbonyl (C=O) groups excluding carboxylic acids is 3. The molecule has 146 valence electrons. The summed E-state index contributed by atoms with van der Waals surface area (Å²) in [5.41, 5.74) is 3.51. The van der Waals surface area contributed by atoms with E-state index in [1.54, 1.807) is 6.07 Å². The van der Waals surface area contributed by atoms with Crippen LogP contribution < -0.4 is 5.32 Å². The van der Waals surface area contributed by atoms with Crippen molar-refractivity contribution in [1.82, 2.24) is 0 Å². The number of hydrogen-bond donors (Lipinski definition) is 1. The van der Waals surface area contributed by atoms with Crippen LogP contribution in [0.3, 0.4) is 0 Å². The van der Waals surface area contributed by atoms with Gasteiger partial charge in [0, 0.05) is 11.3 Å². The van der Waals surface area contributed by atoms with E-state index in [0.29, 0.717) is 11.3 Å². The fourth-order valence-electron chi connectivity index (χ4n) is 2.97. The van der Waals surface area contributed by atoms with Crippen LogP contribution in [-0.2, 0) is 27.2 Å². The van der Waals surface area contributed by atoms with Gasteiger partial charge in [0.2, 0.25) is 5.91 Å². The molecule has 0 fully saturated rings. The Morgan fingerprint density at radius 1 is 1.00 bits per heavy atom. The summed E-state index contributed by atoms with van der Waals surface area (Å²) in [4.78, 5) is 35.7. The van der Waals surface area contributed by atoms with Gasteiger partial charge in [-0.05, 0) is 60.7 Å². The number of ketones is 1. The SMILES string of the molecule is O=C(CSCC(=O)OCC(=O)c1ccc2c(c1)CCC2)Nc1ccc(F)cc1. The van der Waals surface area contributed by atoms with Gasteiger partial charge in [-0.3, -0.25) is 14.4 Å². The molecule has 1 aliphatic rings. The molecule has 2 aromatic carbocycles. The van der Waals surface area contributed by atoms with E-state index in [4.69, 9.17) is 4.74 Å². The number of aryl methyl sites for hydroxylation is 2. The molecule has 0 spiro atoms. The summed E-state index contributed by atoms with van der Waals surface area (Å²) in [6.07, 6.45) is 3.13. The van der Waals surface area contributed by atoms with Crippen molar-refractivity contribution in [3.8, 4) is 0 Å². The summed E-state index contributed by atoms with van der Waals surface area (Å²) in [5, 5.41) is 2.60. The number of nitrogens with one attached hydrogen (secondary N) is 1. The maximum Gasteiger partial charge on any atom is 0.316 e. The van der Waals surface area contributed by atoms with E-state index in [1.165, 1.54) is 35.4 Å². The van der Waals surface area contributed by atoms with Crippen molar-refractivity contribution in [2.24, 2.45) is 0 Å². The lowest BCUT2D eigenvalue weighted by Gasteiger charge is -2.07. The predicted octanol–water partition coefficient (Wildman–Crippen LogP) is 3.41. The number of hydrogen-bond acceptors (Lipinski definition) is 5. The lowest BCUT2D eigenvalue weighted by molar-refractivity contribution is -0.139. The van der Waals surface area contributed by atoms with Gasteiger partial charge in [0.05, 0.1) is 11.5 Å². The van der Waals surface area contributed by atoms with Gasteiger partial charge in [0.1, 0.15) is 5.82 Å². The number of anilines is 1. The Morgan fingerprint density at radius 3 is 2.54 bits per heavy atom. The van der Waals surface area contributed by atoms with E-state index in [9.17, 15) is 18.8 Å². The van der Waals surface area contributed by atoms with Gasteiger partial charge < -0.3 is 10.1 Å². The second-order valence-electron chi connectivity index (χ2n) is 6.47. The smallest absolute Gasteiger partial charge is 0.316 e. The summed E-state index contributed by atoms with van der Waals surface area (Å²) in [6.45, 7) is -0.306. The van der Waals surface area contributed by atoms with Crippen LogP contribution >= 0.6 is 11.8 Å². The topological polar surface area (TPSA) is 72.5 Å². The number of benzene rings is 2. The molecule has 0 radical (unpaired) electrons. The van der Waals surface area contributed by atoms with Crippen LogP contribution in [0.2, 0.25) is 0 Å². The largest absolute Gasteiger partial charge is 0.457 e. The van der Waals surface area contributed by atoms with Gasteiger partial charge in [0.25, 0.3) is 0 Å². The molecule has 0 heterocycles. The first-order valence-electron chi connectivity index (χ1n) is 8.95. The Bertz CT molecular complexity index is 882. The minimum Gasteiger partial charge on any atom is -0.457 e. The molecule has 1 amide bonds. The number of halogens is 1. The van der Waals surface area contributed by atoms with Crippen molar-refractivity contribution in [3.63, 3.8) is 0 Å². The molecule has 0 atom stereocenters. The second kappa shape index (κ2) is 9.50. The van der Waals surface area contributed by atoms with Gasteiger partial charge >= 0.3 is 5.97 Å². The third kappa shape index (κ3) is 5.66. The highest BCUT2D eigenvalue weighted by molar-refractivity contribution is 8.00. The minimum atomic E-state index is -0.547. The molecule has 28 heavy (non-hydrogen) atoms. The van der Waals surface area contributed by atoms with E-state index in [2.05, 4.69) is 5.32 Å². The third-order valence-electron chi connectivity index (χ3n) is 4.37. The number of fused-ring (bicyclic) bond motifs is 1. The molecular weight excluding hydrogens is 381 g/mol. The molecule has 1 N–H and O–H groups in total. The van der Waals surface area contributed by atoms with E-state index in [1.807, 2.05) is 12.1 Å². The number of ether oxygens (including phenoxy) is 1. The quantitative estimate of drug-likeness (QED) is 0.542. The molecule has 0 saturated carbocycles. The van der Waals surface area contributed by atoms with Crippen LogP contribution in [0.25, 0.3) is 0 Å². The molecule has 0 bridgehead atoms. The molecule has 0 unspecified atom stereocenters. The Balaban J connectivity index is 1.35. The first-order chi connectivity index (χ1) is 13.5. The summed E-state index contributed by atoms with van der Waals surface area (Å²) in [5.74, 6) is -1.46. The average Bonchev–Trinajstić information content (AvgIpc) is 3.15. The number of amides is 1. The maximum absolute atomic E-state index is 12.8. The van der Waals surface area contributed by atoms with Crippen molar-refractivity contribution < 1.29 is 23.5 Å². The molecule has 0 aromatic heterocycles. The first kappa shape index (κ1) is 20.1. The zero-order valence-corrected chi connectivity index (χ0v) is 16.0. The van der Waals surface area contributed by atoms with Crippen LogP contribution in [0.5, 0.6) is 0 Å².